The second-order valence-electron chi connectivity index (χ2n) is 6.77. The number of hydrogen-bond acceptors (Lipinski definition) is 4. The molecule has 0 aromatic heterocycles. The molecular formula is C21H27ClN4O2. The lowest BCUT2D eigenvalue weighted by Crippen LogP contribution is -2.47. The fraction of sp³-hybridized carbons (Fsp3) is 0.381. The molecule has 150 valence electrons. The zero-order valence-electron chi connectivity index (χ0n) is 16.2. The molecule has 2 aromatic rings. The number of urea groups is 1. The third kappa shape index (κ3) is 6.04. The van der Waals surface area contributed by atoms with Crippen LogP contribution in [0.15, 0.2) is 48.5 Å². The SMILES string of the molecule is COc1cccc(NC(=O)NCCCN2CCN(c3cccc(Cl)c3)CC2)c1. The number of halogens is 1. The molecule has 1 aliphatic rings. The van der Waals surface area contributed by atoms with Gasteiger partial charge in [-0.3, -0.25) is 4.90 Å². The summed E-state index contributed by atoms with van der Waals surface area (Å²) in [6, 6.07) is 15.1. The van der Waals surface area contributed by atoms with Crippen LogP contribution < -0.4 is 20.3 Å². The Balaban J connectivity index is 1.32. The van der Waals surface area contributed by atoms with E-state index in [0.29, 0.717) is 12.2 Å². The van der Waals surface area contributed by atoms with Gasteiger partial charge in [0.05, 0.1) is 7.11 Å². The van der Waals surface area contributed by atoms with Gasteiger partial charge in [-0.15, -0.1) is 0 Å². The maximum Gasteiger partial charge on any atom is 0.319 e. The minimum absolute atomic E-state index is 0.195. The van der Waals surface area contributed by atoms with Crippen molar-refractivity contribution >= 4 is 29.0 Å². The number of carbonyl (C=O) groups excluding carboxylic acids is 1. The first-order valence-electron chi connectivity index (χ1n) is 9.56. The van der Waals surface area contributed by atoms with E-state index in [4.69, 9.17) is 16.3 Å². The van der Waals surface area contributed by atoms with Crippen LogP contribution >= 0.6 is 11.6 Å². The van der Waals surface area contributed by atoms with E-state index in [0.717, 1.165) is 49.9 Å². The van der Waals surface area contributed by atoms with Crippen LogP contribution in [0.3, 0.4) is 0 Å². The third-order valence-electron chi connectivity index (χ3n) is 4.81. The smallest absolute Gasteiger partial charge is 0.319 e. The number of benzene rings is 2. The van der Waals surface area contributed by atoms with Crippen LogP contribution in [0.2, 0.25) is 5.02 Å². The Bertz CT molecular complexity index is 779. The molecular weight excluding hydrogens is 376 g/mol. The number of nitrogens with zero attached hydrogens (tertiary/aromatic N) is 2. The number of methoxy groups -OCH3 is 1. The van der Waals surface area contributed by atoms with Crippen LogP contribution in [0.5, 0.6) is 5.75 Å². The lowest BCUT2D eigenvalue weighted by molar-refractivity contribution is 0.244. The first-order valence-corrected chi connectivity index (χ1v) is 9.93. The molecule has 0 radical (unpaired) electrons. The Hall–Kier alpha value is -2.44. The van der Waals surface area contributed by atoms with Gasteiger partial charge in [0, 0.05) is 55.2 Å². The monoisotopic (exact) mass is 402 g/mol. The summed E-state index contributed by atoms with van der Waals surface area (Å²) in [7, 11) is 1.61. The summed E-state index contributed by atoms with van der Waals surface area (Å²) in [6.45, 7) is 5.63. The van der Waals surface area contributed by atoms with Gasteiger partial charge in [0.2, 0.25) is 0 Å². The molecule has 28 heavy (non-hydrogen) atoms. The maximum absolute atomic E-state index is 12.0. The normalized spacial score (nSPS) is 14.6. The molecule has 1 heterocycles. The summed E-state index contributed by atoms with van der Waals surface area (Å²) in [6.07, 6.45) is 0.919. The lowest BCUT2D eigenvalue weighted by Gasteiger charge is -2.36. The average molecular weight is 403 g/mol. The molecule has 0 saturated carbocycles. The van der Waals surface area contributed by atoms with E-state index in [-0.39, 0.29) is 6.03 Å². The Morgan fingerprint density at radius 1 is 1.11 bits per heavy atom. The molecule has 2 aromatic carbocycles. The van der Waals surface area contributed by atoms with Crippen LogP contribution in [0.25, 0.3) is 0 Å². The van der Waals surface area contributed by atoms with E-state index in [9.17, 15) is 4.79 Å². The van der Waals surface area contributed by atoms with Gasteiger partial charge in [-0.1, -0.05) is 23.7 Å². The average Bonchev–Trinajstić information content (AvgIpc) is 2.72. The zero-order chi connectivity index (χ0) is 19.8. The van der Waals surface area contributed by atoms with Crippen molar-refractivity contribution in [2.45, 2.75) is 6.42 Å². The summed E-state index contributed by atoms with van der Waals surface area (Å²) in [4.78, 5) is 16.8. The number of anilines is 2. The largest absolute Gasteiger partial charge is 0.497 e. The second kappa shape index (κ2) is 10.2. The van der Waals surface area contributed by atoms with Crippen molar-refractivity contribution < 1.29 is 9.53 Å². The number of nitrogens with one attached hydrogen (secondary N) is 2. The van der Waals surface area contributed by atoms with Gasteiger partial charge in [0.25, 0.3) is 0 Å². The lowest BCUT2D eigenvalue weighted by atomic mass is 10.2. The van der Waals surface area contributed by atoms with Crippen LogP contribution in [-0.4, -0.2) is 57.3 Å². The highest BCUT2D eigenvalue weighted by Gasteiger charge is 2.17. The summed E-state index contributed by atoms with van der Waals surface area (Å²) < 4.78 is 5.16. The molecule has 1 aliphatic heterocycles. The van der Waals surface area contributed by atoms with Crippen molar-refractivity contribution in [3.8, 4) is 5.75 Å². The van der Waals surface area contributed by atoms with Crippen LogP contribution in [0.4, 0.5) is 16.2 Å². The van der Waals surface area contributed by atoms with Gasteiger partial charge >= 0.3 is 6.03 Å². The van der Waals surface area contributed by atoms with Crippen LogP contribution in [0.1, 0.15) is 6.42 Å². The fourth-order valence-electron chi connectivity index (χ4n) is 3.28. The molecule has 3 rings (SSSR count). The number of amides is 2. The number of ether oxygens (including phenoxy) is 1. The molecule has 0 atom stereocenters. The number of hydrogen-bond donors (Lipinski definition) is 2. The van der Waals surface area contributed by atoms with Crippen LogP contribution in [-0.2, 0) is 0 Å². The van der Waals surface area contributed by atoms with Gasteiger partial charge < -0.3 is 20.3 Å². The minimum Gasteiger partial charge on any atom is -0.497 e. The van der Waals surface area contributed by atoms with Gasteiger partial charge in [-0.2, -0.15) is 0 Å². The van der Waals surface area contributed by atoms with E-state index in [1.807, 2.05) is 36.4 Å². The quantitative estimate of drug-likeness (QED) is 0.693. The molecule has 0 bridgehead atoms. The molecule has 0 unspecified atom stereocenters. The molecule has 2 N–H and O–H groups in total. The van der Waals surface area contributed by atoms with E-state index in [1.54, 1.807) is 13.2 Å². The van der Waals surface area contributed by atoms with Crippen molar-refractivity contribution in [3.63, 3.8) is 0 Å². The number of rotatable bonds is 7. The first-order chi connectivity index (χ1) is 13.6. The van der Waals surface area contributed by atoms with Crippen LogP contribution in [0, 0.1) is 0 Å². The zero-order valence-corrected chi connectivity index (χ0v) is 16.9. The molecule has 0 aliphatic carbocycles. The Labute approximate surface area is 171 Å². The maximum atomic E-state index is 12.0. The summed E-state index contributed by atoms with van der Waals surface area (Å²) in [5, 5.41) is 6.51. The molecule has 6 nitrogen and oxygen atoms in total. The van der Waals surface area contributed by atoms with E-state index >= 15 is 0 Å². The predicted molar refractivity (Wildman–Crippen MR) is 115 cm³/mol. The Kier molecular flexibility index (Phi) is 7.39. The number of carbonyl (C=O) groups is 1. The minimum atomic E-state index is -0.195. The number of piperazine rings is 1. The van der Waals surface area contributed by atoms with Crippen molar-refractivity contribution in [2.24, 2.45) is 0 Å². The van der Waals surface area contributed by atoms with Gasteiger partial charge in [0.15, 0.2) is 0 Å². The third-order valence-corrected chi connectivity index (χ3v) is 5.05. The molecule has 2 amide bonds. The molecule has 1 saturated heterocycles. The Morgan fingerprint density at radius 3 is 2.64 bits per heavy atom. The van der Waals surface area contributed by atoms with Gasteiger partial charge in [0.1, 0.15) is 5.75 Å². The standard InChI is InChI=1S/C21H27ClN4O2/c1-28-20-8-3-6-18(16-20)24-21(27)23-9-4-10-25-11-13-26(14-12-25)19-7-2-5-17(22)15-19/h2-3,5-8,15-16H,4,9-14H2,1H3,(H2,23,24,27). The van der Waals surface area contributed by atoms with E-state index < -0.39 is 0 Å². The van der Waals surface area contributed by atoms with Crippen molar-refractivity contribution in [2.75, 3.05) is 56.6 Å². The summed E-state index contributed by atoms with van der Waals surface area (Å²) in [5.41, 5.74) is 1.90. The van der Waals surface area contributed by atoms with Gasteiger partial charge in [-0.05, 0) is 43.3 Å². The highest BCUT2D eigenvalue weighted by molar-refractivity contribution is 6.30. The van der Waals surface area contributed by atoms with E-state index in [2.05, 4.69) is 26.5 Å². The van der Waals surface area contributed by atoms with Crippen molar-refractivity contribution in [3.05, 3.63) is 53.6 Å². The highest BCUT2D eigenvalue weighted by Crippen LogP contribution is 2.20. The Morgan fingerprint density at radius 2 is 1.89 bits per heavy atom. The van der Waals surface area contributed by atoms with Crippen molar-refractivity contribution in [1.29, 1.82) is 0 Å². The summed E-state index contributed by atoms with van der Waals surface area (Å²) in [5.74, 6) is 0.717. The first kappa shape index (κ1) is 20.3. The highest BCUT2D eigenvalue weighted by atomic mass is 35.5. The van der Waals surface area contributed by atoms with E-state index in [1.165, 1.54) is 5.69 Å². The topological polar surface area (TPSA) is 56.8 Å². The predicted octanol–water partition coefficient (Wildman–Crippen LogP) is 3.68. The fourth-order valence-corrected chi connectivity index (χ4v) is 3.47. The molecule has 1 fully saturated rings. The van der Waals surface area contributed by atoms with Gasteiger partial charge in [-0.25, -0.2) is 4.79 Å². The molecule has 0 spiro atoms. The molecule has 7 heteroatoms. The second-order valence-corrected chi connectivity index (χ2v) is 7.21. The summed E-state index contributed by atoms with van der Waals surface area (Å²) >= 11 is 6.09. The van der Waals surface area contributed by atoms with Crippen molar-refractivity contribution in [1.82, 2.24) is 10.2 Å².